The monoisotopic (exact) mass is 306 g/mol. The van der Waals surface area contributed by atoms with Crippen LogP contribution in [0.3, 0.4) is 0 Å². The molecule has 0 spiro atoms. The van der Waals surface area contributed by atoms with Gasteiger partial charge in [-0.25, -0.2) is 9.59 Å². The van der Waals surface area contributed by atoms with Crippen LogP contribution in [0.2, 0.25) is 0 Å². The highest BCUT2D eigenvalue weighted by Gasteiger charge is 2.09. The van der Waals surface area contributed by atoms with E-state index in [1.165, 1.54) is 49.9 Å². The summed E-state index contributed by atoms with van der Waals surface area (Å²) in [6, 6.07) is 5.79. The highest BCUT2D eigenvalue weighted by atomic mass is 16.5. The first kappa shape index (κ1) is 18.2. The molecule has 0 aliphatic rings. The summed E-state index contributed by atoms with van der Waals surface area (Å²) in [7, 11) is 0. The molecule has 0 fully saturated rings. The number of rotatable bonds is 10. The molecule has 122 valence electrons. The smallest absolute Gasteiger partial charge is 0.338 e. The molecule has 1 aromatic rings. The lowest BCUT2D eigenvalue weighted by Gasteiger charge is -2.11. The van der Waals surface area contributed by atoms with Crippen molar-refractivity contribution in [2.45, 2.75) is 52.4 Å². The van der Waals surface area contributed by atoms with E-state index < -0.39 is 11.9 Å². The van der Waals surface area contributed by atoms with Gasteiger partial charge in [-0.2, -0.15) is 0 Å². The highest BCUT2D eigenvalue weighted by molar-refractivity contribution is 5.92. The average molecular weight is 306 g/mol. The Morgan fingerprint density at radius 1 is 1.00 bits per heavy atom. The third-order valence-corrected chi connectivity index (χ3v) is 4.01. The number of benzene rings is 1. The number of esters is 1. The third-order valence-electron chi connectivity index (χ3n) is 4.01. The molecule has 0 atom stereocenters. The molecule has 0 aromatic heterocycles. The maximum Gasteiger partial charge on any atom is 0.338 e. The van der Waals surface area contributed by atoms with E-state index in [0.29, 0.717) is 12.2 Å². The van der Waals surface area contributed by atoms with Gasteiger partial charge < -0.3 is 9.84 Å². The van der Waals surface area contributed by atoms with Crippen molar-refractivity contribution >= 4 is 11.9 Å². The molecule has 4 heteroatoms. The lowest BCUT2D eigenvalue weighted by atomic mass is 9.96. The molecule has 1 aromatic carbocycles. The van der Waals surface area contributed by atoms with E-state index in [2.05, 4.69) is 13.8 Å². The molecule has 0 saturated carbocycles. The van der Waals surface area contributed by atoms with E-state index in [0.717, 1.165) is 18.8 Å². The van der Waals surface area contributed by atoms with E-state index in [1.54, 1.807) is 0 Å². The van der Waals surface area contributed by atoms with Crippen LogP contribution in [0.25, 0.3) is 0 Å². The van der Waals surface area contributed by atoms with Gasteiger partial charge in [0.25, 0.3) is 0 Å². The Morgan fingerprint density at radius 3 is 2.14 bits per heavy atom. The second kappa shape index (κ2) is 9.98. The van der Waals surface area contributed by atoms with E-state index >= 15 is 0 Å². The van der Waals surface area contributed by atoms with E-state index in [1.807, 2.05) is 0 Å². The van der Waals surface area contributed by atoms with Crippen LogP contribution in [-0.2, 0) is 4.74 Å². The number of aromatic carboxylic acids is 1. The summed E-state index contributed by atoms with van der Waals surface area (Å²) in [5, 5.41) is 8.80. The first-order valence-electron chi connectivity index (χ1n) is 8.08. The molecule has 1 N–H and O–H groups in total. The Balaban J connectivity index is 2.22. The molecule has 4 nitrogen and oxygen atoms in total. The number of hydrogen-bond acceptors (Lipinski definition) is 3. The van der Waals surface area contributed by atoms with Crippen LogP contribution in [-0.4, -0.2) is 23.7 Å². The highest BCUT2D eigenvalue weighted by Crippen LogP contribution is 2.16. The van der Waals surface area contributed by atoms with Crippen molar-refractivity contribution in [1.29, 1.82) is 0 Å². The molecule has 0 unspecified atom stereocenters. The summed E-state index contributed by atoms with van der Waals surface area (Å²) in [5.74, 6) is -0.579. The van der Waals surface area contributed by atoms with Crippen LogP contribution in [0.5, 0.6) is 0 Å². The topological polar surface area (TPSA) is 63.6 Å². The molecule has 0 amide bonds. The Bertz CT molecular complexity index is 460. The van der Waals surface area contributed by atoms with Crippen molar-refractivity contribution in [3.05, 3.63) is 35.4 Å². The van der Waals surface area contributed by atoms with Gasteiger partial charge in [0.15, 0.2) is 0 Å². The van der Waals surface area contributed by atoms with Crippen molar-refractivity contribution in [1.82, 2.24) is 0 Å². The summed E-state index contributed by atoms with van der Waals surface area (Å²) in [4.78, 5) is 22.5. The Labute approximate surface area is 132 Å². The summed E-state index contributed by atoms with van der Waals surface area (Å²) in [6.45, 7) is 4.87. The number of carboxylic acids is 1. The van der Waals surface area contributed by atoms with Gasteiger partial charge in [0.05, 0.1) is 17.7 Å². The van der Waals surface area contributed by atoms with Crippen LogP contribution in [0.4, 0.5) is 0 Å². The van der Waals surface area contributed by atoms with Crippen LogP contribution in [0.15, 0.2) is 24.3 Å². The maximum absolute atomic E-state index is 11.8. The first-order chi connectivity index (χ1) is 10.6. The molecule has 0 aliphatic carbocycles. The Kier molecular flexibility index (Phi) is 8.26. The van der Waals surface area contributed by atoms with E-state index in [-0.39, 0.29) is 5.56 Å². The molecule has 1 rings (SSSR count). The lowest BCUT2D eigenvalue weighted by Crippen LogP contribution is -2.07. The molecular weight excluding hydrogens is 280 g/mol. The van der Waals surface area contributed by atoms with Crippen LogP contribution < -0.4 is 0 Å². The number of ether oxygens (including phenoxy) is 1. The van der Waals surface area contributed by atoms with Gasteiger partial charge in [0.2, 0.25) is 0 Å². The summed E-state index contributed by atoms with van der Waals surface area (Å²) >= 11 is 0. The Hall–Kier alpha value is -1.84. The standard InChI is InChI=1S/C18H26O4/c1-3-14(4-2)8-6-5-7-13-22-18(21)16-11-9-15(10-12-16)17(19)20/h9-12,14H,3-8,13H2,1-2H3,(H,19,20). The third kappa shape index (κ3) is 6.29. The van der Waals surface area contributed by atoms with E-state index in [4.69, 9.17) is 9.84 Å². The average Bonchev–Trinajstić information content (AvgIpc) is 2.54. The van der Waals surface area contributed by atoms with Gasteiger partial charge >= 0.3 is 11.9 Å². The normalized spacial score (nSPS) is 10.7. The fraction of sp³-hybridized carbons (Fsp3) is 0.556. The molecule has 0 bridgehead atoms. The number of hydrogen-bond donors (Lipinski definition) is 1. The maximum atomic E-state index is 11.8. The fourth-order valence-corrected chi connectivity index (χ4v) is 2.41. The number of carbonyl (C=O) groups excluding carboxylic acids is 1. The minimum Gasteiger partial charge on any atom is -0.478 e. The van der Waals surface area contributed by atoms with Crippen molar-refractivity contribution in [3.8, 4) is 0 Å². The SMILES string of the molecule is CCC(CC)CCCCCOC(=O)c1ccc(C(=O)O)cc1. The zero-order chi connectivity index (χ0) is 16.4. The van der Waals surface area contributed by atoms with Crippen molar-refractivity contribution in [2.75, 3.05) is 6.61 Å². The van der Waals surface area contributed by atoms with Crippen LogP contribution in [0.1, 0.15) is 73.1 Å². The Morgan fingerprint density at radius 2 is 1.59 bits per heavy atom. The van der Waals surface area contributed by atoms with Crippen molar-refractivity contribution in [3.63, 3.8) is 0 Å². The fourth-order valence-electron chi connectivity index (χ4n) is 2.41. The summed E-state index contributed by atoms with van der Waals surface area (Å²) < 4.78 is 5.20. The predicted octanol–water partition coefficient (Wildman–Crippen LogP) is 4.54. The largest absolute Gasteiger partial charge is 0.478 e. The first-order valence-corrected chi connectivity index (χ1v) is 8.08. The van der Waals surface area contributed by atoms with Gasteiger partial charge in [-0.1, -0.05) is 46.0 Å². The second-order valence-electron chi connectivity index (χ2n) is 5.55. The predicted molar refractivity (Wildman–Crippen MR) is 86.2 cm³/mol. The number of carboxylic acid groups (broad SMARTS) is 1. The van der Waals surface area contributed by atoms with Gasteiger partial charge in [-0.3, -0.25) is 0 Å². The number of carbonyl (C=O) groups is 2. The van der Waals surface area contributed by atoms with Gasteiger partial charge in [-0.05, 0) is 36.6 Å². The van der Waals surface area contributed by atoms with Crippen molar-refractivity contribution in [2.24, 2.45) is 5.92 Å². The number of unbranched alkanes of at least 4 members (excludes halogenated alkanes) is 2. The minimum atomic E-state index is -1.00. The van der Waals surface area contributed by atoms with Gasteiger partial charge in [0, 0.05) is 0 Å². The van der Waals surface area contributed by atoms with Gasteiger partial charge in [-0.15, -0.1) is 0 Å². The van der Waals surface area contributed by atoms with Crippen LogP contribution in [0, 0.1) is 5.92 Å². The van der Waals surface area contributed by atoms with Crippen molar-refractivity contribution < 1.29 is 19.4 Å². The second-order valence-corrected chi connectivity index (χ2v) is 5.55. The van der Waals surface area contributed by atoms with Gasteiger partial charge in [0.1, 0.15) is 0 Å². The molecular formula is C18H26O4. The van der Waals surface area contributed by atoms with E-state index in [9.17, 15) is 9.59 Å². The summed E-state index contributed by atoms with van der Waals surface area (Å²) in [6.07, 6.45) is 6.84. The summed E-state index contributed by atoms with van der Waals surface area (Å²) in [5.41, 5.74) is 0.556. The quantitative estimate of drug-likeness (QED) is 0.509. The molecule has 0 aliphatic heterocycles. The molecule has 0 saturated heterocycles. The molecule has 0 radical (unpaired) electrons. The minimum absolute atomic E-state index is 0.165. The lowest BCUT2D eigenvalue weighted by molar-refractivity contribution is 0.0496. The molecule has 0 heterocycles. The van der Waals surface area contributed by atoms with Crippen LogP contribution >= 0.6 is 0 Å². The zero-order valence-electron chi connectivity index (χ0n) is 13.5. The zero-order valence-corrected chi connectivity index (χ0v) is 13.5. The molecule has 22 heavy (non-hydrogen) atoms.